The summed E-state index contributed by atoms with van der Waals surface area (Å²) < 4.78 is 0. The van der Waals surface area contributed by atoms with Crippen molar-refractivity contribution < 1.29 is 10.2 Å². The van der Waals surface area contributed by atoms with Gasteiger partial charge in [-0.25, -0.2) is 0 Å². The zero-order chi connectivity index (χ0) is 18.8. The van der Waals surface area contributed by atoms with Crippen LogP contribution in [0.25, 0.3) is 0 Å². The van der Waals surface area contributed by atoms with Gasteiger partial charge in [-0.1, -0.05) is 75.6 Å². The Labute approximate surface area is 155 Å². The van der Waals surface area contributed by atoms with Crippen LogP contribution in [0.15, 0.2) is 24.3 Å². The molecule has 0 aliphatic carbocycles. The number of aryl methyl sites for hydroxylation is 2. The minimum Gasteiger partial charge on any atom is -0.394 e. The highest BCUT2D eigenvalue weighted by Gasteiger charge is 2.22. The zero-order valence-electron chi connectivity index (χ0n) is 16.6. The Kier molecular flexibility index (Phi) is 9.94. The van der Waals surface area contributed by atoms with Crippen LogP contribution in [-0.2, 0) is 12.8 Å². The standard InChI is InChI=1S/C21H39NO2Si/c1-25(2,3)16-8-6-4-5-7-9-19-10-12-20(13-11-19)14-15-21(22,17-23)18-24/h10-13,23-24H,4-9,14-18,22H2,1-3H3. The number of hydrogen-bond acceptors (Lipinski definition) is 3. The molecule has 1 rings (SSSR count). The molecule has 0 aliphatic rings. The van der Waals surface area contributed by atoms with Crippen LogP contribution in [-0.4, -0.2) is 37.0 Å². The van der Waals surface area contributed by atoms with Crippen LogP contribution in [0, 0.1) is 0 Å². The van der Waals surface area contributed by atoms with E-state index in [0.717, 1.165) is 12.8 Å². The van der Waals surface area contributed by atoms with E-state index >= 15 is 0 Å². The van der Waals surface area contributed by atoms with Gasteiger partial charge < -0.3 is 15.9 Å². The lowest BCUT2D eigenvalue weighted by molar-refractivity contribution is 0.115. The Bertz CT molecular complexity index is 464. The Morgan fingerprint density at radius 2 is 1.28 bits per heavy atom. The number of aliphatic hydroxyl groups excluding tert-OH is 2. The second-order valence-electron chi connectivity index (χ2n) is 8.82. The van der Waals surface area contributed by atoms with Crippen LogP contribution >= 0.6 is 0 Å². The van der Waals surface area contributed by atoms with E-state index in [0.29, 0.717) is 6.42 Å². The van der Waals surface area contributed by atoms with Gasteiger partial charge in [-0.2, -0.15) is 0 Å². The molecule has 0 unspecified atom stereocenters. The molecule has 4 heteroatoms. The molecule has 0 amide bonds. The largest absolute Gasteiger partial charge is 0.394 e. The molecule has 0 bridgehead atoms. The van der Waals surface area contributed by atoms with E-state index in [2.05, 4.69) is 43.9 Å². The third-order valence-corrected chi connectivity index (χ3v) is 6.81. The molecule has 25 heavy (non-hydrogen) atoms. The van der Waals surface area contributed by atoms with Crippen molar-refractivity contribution in [1.29, 1.82) is 0 Å². The molecule has 0 heterocycles. The van der Waals surface area contributed by atoms with E-state index in [1.165, 1.54) is 49.3 Å². The lowest BCUT2D eigenvalue weighted by Gasteiger charge is -2.24. The summed E-state index contributed by atoms with van der Waals surface area (Å²) in [6.45, 7) is 7.01. The molecule has 0 saturated heterocycles. The first-order valence-electron chi connectivity index (χ1n) is 9.86. The van der Waals surface area contributed by atoms with Crippen LogP contribution in [0.1, 0.15) is 49.7 Å². The first-order valence-corrected chi connectivity index (χ1v) is 13.6. The summed E-state index contributed by atoms with van der Waals surface area (Å²) in [6, 6.07) is 10.2. The SMILES string of the molecule is C[Si](C)(C)CCCCCCCc1ccc(CCC(N)(CO)CO)cc1. The minimum atomic E-state index is -0.867. The lowest BCUT2D eigenvalue weighted by Crippen LogP contribution is -2.47. The van der Waals surface area contributed by atoms with Gasteiger partial charge in [0.15, 0.2) is 0 Å². The van der Waals surface area contributed by atoms with E-state index in [9.17, 15) is 10.2 Å². The maximum absolute atomic E-state index is 9.24. The summed E-state index contributed by atoms with van der Waals surface area (Å²) in [4.78, 5) is 0. The number of unbranched alkanes of at least 4 members (excludes halogenated alkanes) is 4. The average molecular weight is 366 g/mol. The van der Waals surface area contributed by atoms with Crippen molar-refractivity contribution in [1.82, 2.24) is 0 Å². The third kappa shape index (κ3) is 10.1. The van der Waals surface area contributed by atoms with E-state index in [1.807, 2.05) is 0 Å². The van der Waals surface area contributed by atoms with Gasteiger partial charge in [0.05, 0.1) is 18.8 Å². The van der Waals surface area contributed by atoms with Gasteiger partial charge in [-0.05, 0) is 36.8 Å². The maximum atomic E-state index is 9.24. The highest BCUT2D eigenvalue weighted by atomic mass is 28.3. The van der Waals surface area contributed by atoms with Crippen LogP contribution in [0.5, 0.6) is 0 Å². The van der Waals surface area contributed by atoms with Gasteiger partial charge in [-0.15, -0.1) is 0 Å². The predicted octanol–water partition coefficient (Wildman–Crippen LogP) is 4.13. The van der Waals surface area contributed by atoms with Crippen molar-refractivity contribution in [2.24, 2.45) is 5.73 Å². The van der Waals surface area contributed by atoms with Crippen molar-refractivity contribution in [2.75, 3.05) is 13.2 Å². The molecule has 0 spiro atoms. The normalized spacial score (nSPS) is 12.6. The summed E-state index contributed by atoms with van der Waals surface area (Å²) in [5.41, 5.74) is 7.66. The fourth-order valence-corrected chi connectivity index (χ4v) is 4.30. The van der Waals surface area contributed by atoms with Gasteiger partial charge in [-0.3, -0.25) is 0 Å². The molecule has 0 radical (unpaired) electrons. The summed E-state index contributed by atoms with van der Waals surface area (Å²) >= 11 is 0. The Balaban J connectivity index is 2.20. The molecular weight excluding hydrogens is 326 g/mol. The number of hydrogen-bond donors (Lipinski definition) is 3. The molecule has 0 fully saturated rings. The van der Waals surface area contributed by atoms with Crippen LogP contribution in [0.4, 0.5) is 0 Å². The van der Waals surface area contributed by atoms with E-state index in [1.54, 1.807) is 0 Å². The fraction of sp³-hybridized carbons (Fsp3) is 0.714. The van der Waals surface area contributed by atoms with Crippen molar-refractivity contribution >= 4 is 8.07 Å². The summed E-state index contributed by atoms with van der Waals surface area (Å²) in [5.74, 6) is 0. The number of nitrogens with two attached hydrogens (primary N) is 1. The average Bonchev–Trinajstić information content (AvgIpc) is 2.59. The summed E-state index contributed by atoms with van der Waals surface area (Å²) in [6.07, 6.45) is 9.30. The van der Waals surface area contributed by atoms with E-state index < -0.39 is 13.6 Å². The number of aliphatic hydroxyl groups is 2. The maximum Gasteiger partial charge on any atom is 0.0633 e. The fourth-order valence-electron chi connectivity index (χ4n) is 2.99. The van der Waals surface area contributed by atoms with Crippen molar-refractivity contribution in [3.05, 3.63) is 35.4 Å². The molecular formula is C21H39NO2Si. The van der Waals surface area contributed by atoms with Gasteiger partial charge >= 0.3 is 0 Å². The second-order valence-corrected chi connectivity index (χ2v) is 14.4. The van der Waals surface area contributed by atoms with Crippen LogP contribution in [0.2, 0.25) is 25.7 Å². The van der Waals surface area contributed by atoms with Crippen LogP contribution < -0.4 is 5.73 Å². The molecule has 144 valence electrons. The number of benzene rings is 1. The smallest absolute Gasteiger partial charge is 0.0633 e. The molecule has 0 aliphatic heterocycles. The van der Waals surface area contributed by atoms with Gasteiger partial charge in [0.25, 0.3) is 0 Å². The summed E-state index contributed by atoms with van der Waals surface area (Å²) in [7, 11) is -0.843. The highest BCUT2D eigenvalue weighted by molar-refractivity contribution is 6.76. The summed E-state index contributed by atoms with van der Waals surface area (Å²) in [5, 5.41) is 18.5. The zero-order valence-corrected chi connectivity index (χ0v) is 17.6. The molecule has 3 nitrogen and oxygen atoms in total. The Morgan fingerprint density at radius 3 is 1.80 bits per heavy atom. The first-order chi connectivity index (χ1) is 11.8. The second kappa shape index (κ2) is 11.1. The van der Waals surface area contributed by atoms with Crippen molar-refractivity contribution in [3.8, 4) is 0 Å². The van der Waals surface area contributed by atoms with Crippen LogP contribution in [0.3, 0.4) is 0 Å². The Morgan fingerprint density at radius 1 is 0.800 bits per heavy atom. The molecule has 0 atom stereocenters. The van der Waals surface area contributed by atoms with E-state index in [4.69, 9.17) is 5.73 Å². The third-order valence-electron chi connectivity index (χ3n) is 4.96. The first kappa shape index (κ1) is 22.4. The minimum absolute atomic E-state index is 0.181. The highest BCUT2D eigenvalue weighted by Crippen LogP contribution is 2.17. The monoisotopic (exact) mass is 365 g/mol. The lowest BCUT2D eigenvalue weighted by atomic mass is 9.93. The molecule has 1 aromatic carbocycles. The molecule has 0 aromatic heterocycles. The predicted molar refractivity (Wildman–Crippen MR) is 111 cm³/mol. The molecule has 4 N–H and O–H groups in total. The van der Waals surface area contributed by atoms with Gasteiger partial charge in [0, 0.05) is 8.07 Å². The molecule has 0 saturated carbocycles. The van der Waals surface area contributed by atoms with Gasteiger partial charge in [0.2, 0.25) is 0 Å². The quantitative estimate of drug-likeness (QED) is 0.364. The van der Waals surface area contributed by atoms with Crippen molar-refractivity contribution in [3.63, 3.8) is 0 Å². The van der Waals surface area contributed by atoms with Gasteiger partial charge in [0.1, 0.15) is 0 Å². The topological polar surface area (TPSA) is 66.5 Å². The number of rotatable bonds is 13. The van der Waals surface area contributed by atoms with E-state index in [-0.39, 0.29) is 13.2 Å². The molecule has 1 aromatic rings. The van der Waals surface area contributed by atoms with Crippen molar-refractivity contribution in [2.45, 2.75) is 82.6 Å². The Hall–Kier alpha value is -0.683.